The topological polar surface area (TPSA) is 59.0 Å². The number of phenols is 1. The van der Waals surface area contributed by atoms with E-state index in [1.54, 1.807) is 12.1 Å². The van der Waals surface area contributed by atoms with E-state index in [1.807, 2.05) is 49.4 Å². The summed E-state index contributed by atoms with van der Waals surface area (Å²) >= 11 is 0. The average Bonchev–Trinajstić information content (AvgIpc) is 2.69. The van der Waals surface area contributed by atoms with E-state index in [0.717, 1.165) is 30.7 Å². The summed E-state index contributed by atoms with van der Waals surface area (Å²) in [7, 11) is 0. The van der Waals surface area contributed by atoms with Gasteiger partial charge in [0, 0.05) is 13.1 Å². The highest BCUT2D eigenvalue weighted by Crippen LogP contribution is 2.36. The number of aromatic hydroxyl groups is 1. The van der Waals surface area contributed by atoms with Gasteiger partial charge < -0.3 is 14.6 Å². The largest absolute Gasteiger partial charge is 0.508 e. The van der Waals surface area contributed by atoms with Gasteiger partial charge in [-0.1, -0.05) is 30.3 Å². The molecule has 2 aromatic rings. The van der Waals surface area contributed by atoms with E-state index in [2.05, 4.69) is 4.90 Å². The fourth-order valence-electron chi connectivity index (χ4n) is 3.91. The Morgan fingerprint density at radius 2 is 2.00 bits per heavy atom. The van der Waals surface area contributed by atoms with Crippen LogP contribution in [0.15, 0.2) is 54.6 Å². The second-order valence-electron chi connectivity index (χ2n) is 7.40. The first kappa shape index (κ1) is 20.2. The summed E-state index contributed by atoms with van der Waals surface area (Å²) in [5, 5.41) is 9.72. The molecule has 1 saturated heterocycles. The molecule has 1 fully saturated rings. The number of benzene rings is 2. The molecule has 5 heteroatoms. The standard InChI is InChI=1S/C23H29NO4/c1-2-27-22(26)23(13-15-28-21-10-4-3-5-11-21)12-7-14-24(18-23)17-19-8-6-9-20(25)16-19/h3-6,8-11,16,25H,2,7,12-15,17-18H2,1H3. The fraction of sp³-hybridized carbons (Fsp3) is 0.435. The number of hydrogen-bond acceptors (Lipinski definition) is 5. The van der Waals surface area contributed by atoms with Crippen molar-refractivity contribution in [1.29, 1.82) is 0 Å². The molecule has 3 rings (SSSR count). The number of ether oxygens (including phenoxy) is 2. The molecule has 1 N–H and O–H groups in total. The van der Waals surface area contributed by atoms with Crippen molar-refractivity contribution in [2.45, 2.75) is 32.7 Å². The Morgan fingerprint density at radius 1 is 1.18 bits per heavy atom. The van der Waals surface area contributed by atoms with Crippen LogP contribution in [-0.4, -0.2) is 42.3 Å². The predicted octanol–water partition coefficient (Wildman–Crippen LogP) is 4.01. The van der Waals surface area contributed by atoms with E-state index in [9.17, 15) is 9.90 Å². The Kier molecular flexibility index (Phi) is 6.93. The predicted molar refractivity (Wildman–Crippen MR) is 108 cm³/mol. The zero-order valence-electron chi connectivity index (χ0n) is 16.5. The van der Waals surface area contributed by atoms with Crippen LogP contribution in [0.5, 0.6) is 11.5 Å². The molecular formula is C23H29NO4. The number of piperidine rings is 1. The van der Waals surface area contributed by atoms with E-state index in [-0.39, 0.29) is 11.7 Å². The summed E-state index contributed by atoms with van der Waals surface area (Å²) in [4.78, 5) is 15.1. The number of carbonyl (C=O) groups is 1. The second-order valence-corrected chi connectivity index (χ2v) is 7.40. The summed E-state index contributed by atoms with van der Waals surface area (Å²) in [6, 6.07) is 17.0. The molecule has 0 spiro atoms. The van der Waals surface area contributed by atoms with Crippen LogP contribution in [0.25, 0.3) is 0 Å². The third-order valence-electron chi connectivity index (χ3n) is 5.27. The van der Waals surface area contributed by atoms with Gasteiger partial charge in [-0.25, -0.2) is 0 Å². The zero-order valence-corrected chi connectivity index (χ0v) is 16.5. The summed E-state index contributed by atoms with van der Waals surface area (Å²) in [5.41, 5.74) is 0.486. The Morgan fingerprint density at radius 3 is 2.75 bits per heavy atom. The van der Waals surface area contributed by atoms with Crippen LogP contribution in [0.3, 0.4) is 0 Å². The van der Waals surface area contributed by atoms with E-state index >= 15 is 0 Å². The lowest BCUT2D eigenvalue weighted by Gasteiger charge is -2.41. The van der Waals surface area contributed by atoms with Crippen molar-refractivity contribution in [2.75, 3.05) is 26.3 Å². The first-order valence-electron chi connectivity index (χ1n) is 9.97. The first-order valence-corrected chi connectivity index (χ1v) is 9.97. The van der Waals surface area contributed by atoms with E-state index in [0.29, 0.717) is 32.7 Å². The smallest absolute Gasteiger partial charge is 0.313 e. The van der Waals surface area contributed by atoms with Crippen molar-refractivity contribution in [3.63, 3.8) is 0 Å². The molecule has 0 aliphatic carbocycles. The highest BCUT2D eigenvalue weighted by molar-refractivity contribution is 5.77. The minimum atomic E-state index is -0.556. The van der Waals surface area contributed by atoms with Gasteiger partial charge in [-0.05, 0) is 62.6 Å². The SMILES string of the molecule is CCOC(=O)C1(CCOc2ccccc2)CCCN(Cc2cccc(O)c2)C1. The number of esters is 1. The van der Waals surface area contributed by atoms with E-state index in [4.69, 9.17) is 9.47 Å². The number of para-hydroxylation sites is 1. The molecule has 1 heterocycles. The molecule has 2 aromatic carbocycles. The fourth-order valence-corrected chi connectivity index (χ4v) is 3.91. The second kappa shape index (κ2) is 9.60. The maximum atomic E-state index is 12.9. The van der Waals surface area contributed by atoms with Crippen molar-refractivity contribution in [3.8, 4) is 11.5 Å². The van der Waals surface area contributed by atoms with E-state index < -0.39 is 5.41 Å². The molecule has 1 aliphatic rings. The molecule has 5 nitrogen and oxygen atoms in total. The van der Waals surface area contributed by atoms with Crippen LogP contribution in [0, 0.1) is 5.41 Å². The lowest BCUT2D eigenvalue weighted by Crippen LogP contribution is -2.49. The van der Waals surface area contributed by atoms with E-state index in [1.165, 1.54) is 0 Å². The number of carbonyl (C=O) groups excluding carboxylic acids is 1. The minimum absolute atomic E-state index is 0.132. The van der Waals surface area contributed by atoms with Gasteiger partial charge in [-0.3, -0.25) is 9.69 Å². The maximum absolute atomic E-state index is 12.9. The molecule has 0 bridgehead atoms. The van der Waals surface area contributed by atoms with Crippen molar-refractivity contribution < 1.29 is 19.4 Å². The van der Waals surface area contributed by atoms with Crippen LogP contribution in [0.1, 0.15) is 31.7 Å². The molecule has 0 aromatic heterocycles. The lowest BCUT2D eigenvalue weighted by molar-refractivity contribution is -0.160. The molecule has 1 aliphatic heterocycles. The monoisotopic (exact) mass is 383 g/mol. The average molecular weight is 383 g/mol. The molecule has 0 amide bonds. The Labute approximate surface area is 166 Å². The van der Waals surface area contributed by atoms with Crippen molar-refractivity contribution in [3.05, 3.63) is 60.2 Å². The highest BCUT2D eigenvalue weighted by atomic mass is 16.5. The van der Waals surface area contributed by atoms with Gasteiger partial charge in [-0.15, -0.1) is 0 Å². The third-order valence-corrected chi connectivity index (χ3v) is 5.27. The van der Waals surface area contributed by atoms with Gasteiger partial charge in [0.05, 0.1) is 18.6 Å². The number of likely N-dealkylation sites (tertiary alicyclic amines) is 1. The molecular weight excluding hydrogens is 354 g/mol. The molecule has 0 saturated carbocycles. The van der Waals surface area contributed by atoms with Gasteiger partial charge in [0.1, 0.15) is 11.5 Å². The van der Waals surface area contributed by atoms with Crippen LogP contribution in [0.2, 0.25) is 0 Å². The molecule has 150 valence electrons. The Hall–Kier alpha value is -2.53. The summed E-state index contributed by atoms with van der Waals surface area (Å²) < 4.78 is 11.3. The highest BCUT2D eigenvalue weighted by Gasteiger charge is 2.43. The summed E-state index contributed by atoms with van der Waals surface area (Å²) in [6.45, 7) is 4.97. The first-order chi connectivity index (χ1) is 13.6. The number of hydrogen-bond donors (Lipinski definition) is 1. The number of phenolic OH excluding ortho intramolecular Hbond substituents is 1. The van der Waals surface area contributed by atoms with Gasteiger partial charge in [0.15, 0.2) is 0 Å². The maximum Gasteiger partial charge on any atom is 0.313 e. The Bertz CT molecular complexity index is 764. The normalized spacial score (nSPS) is 19.9. The minimum Gasteiger partial charge on any atom is -0.508 e. The van der Waals surface area contributed by atoms with Crippen LogP contribution >= 0.6 is 0 Å². The van der Waals surface area contributed by atoms with Crippen LogP contribution < -0.4 is 4.74 Å². The molecule has 1 unspecified atom stereocenters. The van der Waals surface area contributed by atoms with Gasteiger partial charge >= 0.3 is 5.97 Å². The quantitative estimate of drug-likeness (QED) is 0.698. The van der Waals surface area contributed by atoms with Crippen molar-refractivity contribution in [1.82, 2.24) is 4.90 Å². The molecule has 0 radical (unpaired) electrons. The van der Waals surface area contributed by atoms with Crippen LogP contribution in [-0.2, 0) is 16.1 Å². The zero-order chi connectivity index (χ0) is 19.8. The third kappa shape index (κ3) is 5.26. The molecule has 1 atom stereocenters. The van der Waals surface area contributed by atoms with Gasteiger partial charge in [0.25, 0.3) is 0 Å². The summed E-state index contributed by atoms with van der Waals surface area (Å²) in [5.74, 6) is 0.948. The van der Waals surface area contributed by atoms with Crippen LogP contribution in [0.4, 0.5) is 0 Å². The Balaban J connectivity index is 1.68. The van der Waals surface area contributed by atoms with Crippen molar-refractivity contribution in [2.24, 2.45) is 5.41 Å². The number of nitrogens with zero attached hydrogens (tertiary/aromatic N) is 1. The lowest BCUT2D eigenvalue weighted by atomic mass is 9.77. The van der Waals surface area contributed by atoms with Gasteiger partial charge in [0.2, 0.25) is 0 Å². The number of rotatable bonds is 8. The molecule has 28 heavy (non-hydrogen) atoms. The van der Waals surface area contributed by atoms with Gasteiger partial charge in [-0.2, -0.15) is 0 Å². The summed E-state index contributed by atoms with van der Waals surface area (Å²) in [6.07, 6.45) is 2.36. The van der Waals surface area contributed by atoms with Crippen molar-refractivity contribution >= 4 is 5.97 Å².